The Kier molecular flexibility index (Phi) is 3.90. The number of hydrogen-bond acceptors (Lipinski definition) is 6. The Bertz CT molecular complexity index is 1210. The van der Waals surface area contributed by atoms with E-state index in [9.17, 15) is 9.59 Å². The minimum Gasteiger partial charge on any atom is -0.472 e. The first kappa shape index (κ1) is 17.2. The van der Waals surface area contributed by atoms with Gasteiger partial charge in [0, 0.05) is 25.2 Å². The van der Waals surface area contributed by atoms with Crippen LogP contribution in [0.25, 0.3) is 16.9 Å². The Labute approximate surface area is 164 Å². The third kappa shape index (κ3) is 2.85. The molecule has 10 heteroatoms. The first-order valence-corrected chi connectivity index (χ1v) is 9.10. The molecule has 0 spiro atoms. The second-order valence-electron chi connectivity index (χ2n) is 6.75. The van der Waals surface area contributed by atoms with Crippen LogP contribution in [0.5, 0.6) is 0 Å². The zero-order valence-electron chi connectivity index (χ0n) is 15.5. The molecule has 1 aliphatic heterocycles. The van der Waals surface area contributed by atoms with Crippen molar-refractivity contribution in [3.63, 3.8) is 0 Å². The molecule has 5 heterocycles. The third-order valence-electron chi connectivity index (χ3n) is 4.98. The fourth-order valence-corrected chi connectivity index (χ4v) is 3.49. The number of amides is 2. The van der Waals surface area contributed by atoms with E-state index in [0.29, 0.717) is 24.4 Å². The summed E-state index contributed by atoms with van der Waals surface area (Å²) in [5.74, 6) is -0.0145. The zero-order chi connectivity index (χ0) is 20.0. The van der Waals surface area contributed by atoms with Gasteiger partial charge in [-0.25, -0.2) is 14.2 Å². The molecule has 146 valence electrons. The van der Waals surface area contributed by atoms with Crippen LogP contribution in [-0.2, 0) is 11.3 Å². The van der Waals surface area contributed by atoms with Gasteiger partial charge in [0.15, 0.2) is 5.65 Å². The first-order chi connectivity index (χ1) is 14.1. The van der Waals surface area contributed by atoms with Gasteiger partial charge < -0.3 is 9.73 Å². The summed E-state index contributed by atoms with van der Waals surface area (Å²) in [5.41, 5.74) is 2.10. The molecule has 0 bridgehead atoms. The molecule has 1 unspecified atom stereocenters. The SMILES string of the molecule is CN1C(=O)C(NC(=O)c2nc3cccc(-c4ccoc4)n3n2)CCn2nccc21. The van der Waals surface area contributed by atoms with Crippen molar-refractivity contribution in [2.45, 2.75) is 19.0 Å². The molecular formula is C19H17N7O3. The highest BCUT2D eigenvalue weighted by molar-refractivity contribution is 6.01. The van der Waals surface area contributed by atoms with Crippen LogP contribution in [0.15, 0.2) is 53.5 Å². The van der Waals surface area contributed by atoms with Crippen molar-refractivity contribution in [3.05, 3.63) is 54.9 Å². The predicted octanol–water partition coefficient (Wildman–Crippen LogP) is 1.35. The Balaban J connectivity index is 1.41. The molecule has 4 aromatic heterocycles. The Hall–Kier alpha value is -3.95. The van der Waals surface area contributed by atoms with Gasteiger partial charge in [-0.05, 0) is 24.6 Å². The number of aromatic nitrogens is 5. The average Bonchev–Trinajstić information content (AvgIpc) is 3.48. The van der Waals surface area contributed by atoms with E-state index in [1.165, 1.54) is 4.90 Å². The van der Waals surface area contributed by atoms with Crippen molar-refractivity contribution < 1.29 is 14.0 Å². The van der Waals surface area contributed by atoms with Gasteiger partial charge in [-0.2, -0.15) is 5.10 Å². The lowest BCUT2D eigenvalue weighted by Gasteiger charge is -2.19. The minimum atomic E-state index is -0.686. The summed E-state index contributed by atoms with van der Waals surface area (Å²) in [6, 6.07) is 8.34. The van der Waals surface area contributed by atoms with Crippen molar-refractivity contribution in [1.29, 1.82) is 0 Å². The first-order valence-electron chi connectivity index (χ1n) is 9.10. The molecule has 10 nitrogen and oxygen atoms in total. The van der Waals surface area contributed by atoms with Gasteiger partial charge in [0.2, 0.25) is 5.82 Å². The van der Waals surface area contributed by atoms with Crippen molar-refractivity contribution in [1.82, 2.24) is 29.7 Å². The maximum Gasteiger partial charge on any atom is 0.291 e. The van der Waals surface area contributed by atoms with Gasteiger partial charge >= 0.3 is 0 Å². The number of nitrogens with zero attached hydrogens (tertiary/aromatic N) is 6. The zero-order valence-corrected chi connectivity index (χ0v) is 15.5. The fraction of sp³-hybridized carbons (Fsp3) is 0.211. The molecule has 5 rings (SSSR count). The number of likely N-dealkylation sites (N-methyl/N-ethyl adjacent to an activating group) is 1. The lowest BCUT2D eigenvalue weighted by atomic mass is 10.2. The van der Waals surface area contributed by atoms with Gasteiger partial charge in [0.1, 0.15) is 11.9 Å². The van der Waals surface area contributed by atoms with E-state index in [2.05, 4.69) is 20.5 Å². The van der Waals surface area contributed by atoms with E-state index < -0.39 is 11.9 Å². The maximum atomic E-state index is 12.8. The standard InChI is InChI=1S/C19H17N7O3/c1-24-16-5-8-20-25(16)9-6-13(19(24)28)21-18(27)17-22-15-4-2-3-14(26(15)23-17)12-7-10-29-11-12/h2-5,7-8,10-11,13H,6,9H2,1H3,(H,21,27). The van der Waals surface area contributed by atoms with E-state index in [1.54, 1.807) is 53.2 Å². The van der Waals surface area contributed by atoms with E-state index in [0.717, 1.165) is 11.3 Å². The number of anilines is 1. The van der Waals surface area contributed by atoms with Crippen LogP contribution < -0.4 is 10.2 Å². The summed E-state index contributed by atoms with van der Waals surface area (Å²) >= 11 is 0. The highest BCUT2D eigenvalue weighted by atomic mass is 16.3. The van der Waals surface area contributed by atoms with Crippen LogP contribution in [-0.4, -0.2) is 49.3 Å². The molecule has 4 aromatic rings. The summed E-state index contributed by atoms with van der Waals surface area (Å²) in [5, 5.41) is 11.3. The van der Waals surface area contributed by atoms with Gasteiger partial charge in [0.25, 0.3) is 11.8 Å². The summed E-state index contributed by atoms with van der Waals surface area (Å²) in [4.78, 5) is 31.4. The molecule has 29 heavy (non-hydrogen) atoms. The molecule has 0 aliphatic carbocycles. The monoisotopic (exact) mass is 391 g/mol. The largest absolute Gasteiger partial charge is 0.472 e. The average molecular weight is 391 g/mol. The molecular weight excluding hydrogens is 374 g/mol. The predicted molar refractivity (Wildman–Crippen MR) is 102 cm³/mol. The summed E-state index contributed by atoms with van der Waals surface area (Å²) < 4.78 is 8.46. The highest BCUT2D eigenvalue weighted by Gasteiger charge is 2.30. The molecule has 1 atom stereocenters. The van der Waals surface area contributed by atoms with E-state index in [4.69, 9.17) is 4.42 Å². The van der Waals surface area contributed by atoms with Crippen LogP contribution in [0.2, 0.25) is 0 Å². The molecule has 0 aromatic carbocycles. The molecule has 0 saturated carbocycles. The van der Waals surface area contributed by atoms with Gasteiger partial charge in [-0.3, -0.25) is 14.5 Å². The number of rotatable bonds is 3. The lowest BCUT2D eigenvalue weighted by molar-refractivity contribution is -0.120. The van der Waals surface area contributed by atoms with E-state index >= 15 is 0 Å². The van der Waals surface area contributed by atoms with Crippen molar-refractivity contribution in [2.75, 3.05) is 11.9 Å². The Morgan fingerprint density at radius 3 is 3.00 bits per heavy atom. The third-order valence-corrected chi connectivity index (χ3v) is 4.98. The second kappa shape index (κ2) is 6.59. The Morgan fingerprint density at radius 1 is 1.28 bits per heavy atom. The number of hydrogen-bond donors (Lipinski definition) is 1. The van der Waals surface area contributed by atoms with Gasteiger partial charge in [-0.1, -0.05) is 6.07 Å². The van der Waals surface area contributed by atoms with Crippen LogP contribution >= 0.6 is 0 Å². The topological polar surface area (TPSA) is 111 Å². The smallest absolute Gasteiger partial charge is 0.291 e. The van der Waals surface area contributed by atoms with E-state index in [-0.39, 0.29) is 11.7 Å². The highest BCUT2D eigenvalue weighted by Crippen LogP contribution is 2.21. The minimum absolute atomic E-state index is 0.00150. The molecule has 0 radical (unpaired) electrons. The number of carbonyl (C=O) groups excluding carboxylic acids is 2. The van der Waals surface area contributed by atoms with E-state index in [1.807, 2.05) is 12.1 Å². The number of fused-ring (bicyclic) bond motifs is 2. The van der Waals surface area contributed by atoms with Gasteiger partial charge in [0.05, 0.1) is 24.4 Å². The fourth-order valence-electron chi connectivity index (χ4n) is 3.49. The van der Waals surface area contributed by atoms with Crippen LogP contribution in [0, 0.1) is 0 Å². The molecule has 0 fully saturated rings. The second-order valence-corrected chi connectivity index (χ2v) is 6.75. The normalized spacial score (nSPS) is 16.7. The quantitative estimate of drug-likeness (QED) is 0.564. The lowest BCUT2D eigenvalue weighted by Crippen LogP contribution is -2.47. The van der Waals surface area contributed by atoms with Crippen molar-refractivity contribution >= 4 is 23.3 Å². The summed E-state index contributed by atoms with van der Waals surface area (Å²) in [7, 11) is 1.67. The Morgan fingerprint density at radius 2 is 2.17 bits per heavy atom. The molecule has 2 amide bonds. The summed E-state index contributed by atoms with van der Waals surface area (Å²) in [6.07, 6.45) is 5.24. The summed E-state index contributed by atoms with van der Waals surface area (Å²) in [6.45, 7) is 0.520. The van der Waals surface area contributed by atoms with Crippen molar-refractivity contribution in [3.8, 4) is 11.3 Å². The number of pyridine rings is 1. The maximum absolute atomic E-state index is 12.8. The van der Waals surface area contributed by atoms with Crippen LogP contribution in [0.4, 0.5) is 5.82 Å². The molecule has 0 saturated heterocycles. The van der Waals surface area contributed by atoms with Crippen LogP contribution in [0.3, 0.4) is 0 Å². The number of aryl methyl sites for hydroxylation is 1. The number of furan rings is 1. The van der Waals surface area contributed by atoms with Crippen LogP contribution in [0.1, 0.15) is 17.0 Å². The van der Waals surface area contributed by atoms with Gasteiger partial charge in [-0.15, -0.1) is 5.10 Å². The number of carbonyl (C=O) groups is 2. The molecule has 1 N–H and O–H groups in total. The number of nitrogens with one attached hydrogen (secondary N) is 1. The van der Waals surface area contributed by atoms with Crippen molar-refractivity contribution in [2.24, 2.45) is 0 Å². The molecule has 1 aliphatic rings.